The van der Waals surface area contributed by atoms with Crippen molar-refractivity contribution in [2.75, 3.05) is 0 Å². The summed E-state index contributed by atoms with van der Waals surface area (Å²) in [5.74, 6) is 19.0. The summed E-state index contributed by atoms with van der Waals surface area (Å²) in [6.07, 6.45) is 28.7. The molecule has 1 rings (SSSR count). The third-order valence-electron chi connectivity index (χ3n) is 24.8. The summed E-state index contributed by atoms with van der Waals surface area (Å²) in [5.41, 5.74) is 0. The molecule has 0 aliphatic heterocycles. The highest BCUT2D eigenvalue weighted by Gasteiger charge is 2.38. The fourth-order valence-electron chi connectivity index (χ4n) is 15.6. The van der Waals surface area contributed by atoms with Crippen LogP contribution in [0.25, 0.3) is 0 Å². The van der Waals surface area contributed by atoms with Crippen molar-refractivity contribution in [3.05, 3.63) is 0 Å². The van der Waals surface area contributed by atoms with Crippen LogP contribution >= 0.6 is 0 Å². The highest BCUT2D eigenvalue weighted by molar-refractivity contribution is 4.88. The summed E-state index contributed by atoms with van der Waals surface area (Å²) in [6, 6.07) is 0. The first-order chi connectivity index (χ1) is 32.7. The molecule has 0 amide bonds. The lowest BCUT2D eigenvalue weighted by Crippen LogP contribution is -2.35. The van der Waals surface area contributed by atoms with Gasteiger partial charge in [0, 0.05) is 0 Å². The lowest BCUT2D eigenvalue weighted by molar-refractivity contribution is 0.0724. The minimum atomic E-state index is 0.745. The van der Waals surface area contributed by atoms with Crippen LogP contribution in [0.15, 0.2) is 0 Å². The zero-order valence-electron chi connectivity index (χ0n) is 53.6. The van der Waals surface area contributed by atoms with Crippen LogP contribution in [-0.2, 0) is 0 Å². The van der Waals surface area contributed by atoms with Crippen molar-refractivity contribution in [2.45, 2.75) is 302 Å². The van der Waals surface area contributed by atoms with E-state index >= 15 is 0 Å². The molecule has 0 heteroatoms. The second-order valence-corrected chi connectivity index (χ2v) is 28.9. The minimum Gasteiger partial charge on any atom is -0.0654 e. The van der Waals surface area contributed by atoms with Crippen LogP contribution in [0, 0.1) is 148 Å². The van der Waals surface area contributed by atoms with Crippen LogP contribution in [0.2, 0.25) is 0 Å². The second-order valence-electron chi connectivity index (χ2n) is 28.9. The highest BCUT2D eigenvalue weighted by atomic mass is 14.4. The predicted octanol–water partition coefficient (Wildman–Crippen LogP) is 23.7. The van der Waals surface area contributed by atoms with Crippen LogP contribution < -0.4 is 0 Å². The maximum absolute atomic E-state index is 2.72. The molecule has 0 bridgehead atoms. The molecule has 0 N–H and O–H groups in total. The van der Waals surface area contributed by atoms with Gasteiger partial charge >= 0.3 is 0 Å². The number of hydrogen-bond acceptors (Lipinski definition) is 0. The van der Waals surface area contributed by atoms with Crippen molar-refractivity contribution in [2.24, 2.45) is 148 Å². The molecule has 1 aliphatic carbocycles. The van der Waals surface area contributed by atoms with Crippen LogP contribution in [0.5, 0.6) is 0 Å². The molecule has 0 nitrogen and oxygen atoms in total. The molecular weight excluding hydrogens is 841 g/mol. The van der Waals surface area contributed by atoms with E-state index in [4.69, 9.17) is 0 Å². The van der Waals surface area contributed by atoms with E-state index in [1.54, 1.807) is 0 Å². The summed E-state index contributed by atoms with van der Waals surface area (Å²) >= 11 is 0. The van der Waals surface area contributed by atoms with Crippen molar-refractivity contribution in [3.8, 4) is 0 Å². The SMILES string of the molecule is CCCCCCCCCCCCCCCCCC1C(C)C(C)CC(C)C(C)C(C)C(C)C(C)C(C)C(C)CC(C)C(C)C(C)C(C)C(C)CC(C)C(C)C(C)C(C)C(C)C(C)C(C)CC(C)C(C)C1C. The maximum atomic E-state index is 2.72. The second kappa shape index (κ2) is 35.4. The van der Waals surface area contributed by atoms with E-state index in [0.29, 0.717) is 0 Å². The van der Waals surface area contributed by atoms with Gasteiger partial charge in [-0.1, -0.05) is 269 Å². The van der Waals surface area contributed by atoms with E-state index < -0.39 is 0 Å². The molecule has 0 aromatic rings. The van der Waals surface area contributed by atoms with Crippen LogP contribution in [0.1, 0.15) is 302 Å². The predicted molar refractivity (Wildman–Crippen MR) is 321 cm³/mol. The molecule has 0 heterocycles. The Morgan fingerprint density at radius 1 is 0.186 bits per heavy atom. The lowest BCUT2D eigenvalue weighted by Gasteiger charge is -2.42. The summed E-state index contributed by atoms with van der Waals surface area (Å²) in [7, 11) is 0. The third kappa shape index (κ3) is 22.3. The Hall–Kier alpha value is 0. The summed E-state index contributed by atoms with van der Waals surface area (Å²) in [4.78, 5) is 0. The molecule has 0 aromatic heterocycles. The van der Waals surface area contributed by atoms with Crippen LogP contribution in [-0.4, -0.2) is 0 Å². The number of unbranched alkanes of at least 4 members (excludes halogenated alkanes) is 14. The first kappa shape index (κ1) is 68.0. The minimum absolute atomic E-state index is 0.745. The third-order valence-corrected chi connectivity index (χ3v) is 24.8. The van der Waals surface area contributed by atoms with E-state index in [1.165, 1.54) is 128 Å². The van der Waals surface area contributed by atoms with Gasteiger partial charge < -0.3 is 0 Å². The van der Waals surface area contributed by atoms with Gasteiger partial charge in [-0.25, -0.2) is 0 Å². The van der Waals surface area contributed by atoms with Gasteiger partial charge in [0.1, 0.15) is 0 Å². The molecule has 420 valence electrons. The highest BCUT2D eigenvalue weighted by Crippen LogP contribution is 2.46. The Morgan fingerprint density at radius 3 is 0.600 bits per heavy atom. The van der Waals surface area contributed by atoms with Gasteiger partial charge in [0.2, 0.25) is 0 Å². The smallest absolute Gasteiger partial charge is 0.0357 e. The summed E-state index contributed by atoms with van der Waals surface area (Å²) in [5, 5.41) is 0. The molecule has 1 fully saturated rings. The quantitative estimate of drug-likeness (QED) is 0.135. The normalized spacial score (nSPS) is 43.8. The Labute approximate surface area is 447 Å². The number of rotatable bonds is 16. The maximum Gasteiger partial charge on any atom is -0.0357 e. The molecule has 0 aromatic carbocycles. The first-order valence-corrected chi connectivity index (χ1v) is 32.7. The zero-order valence-corrected chi connectivity index (χ0v) is 53.6. The van der Waals surface area contributed by atoms with Crippen molar-refractivity contribution in [1.29, 1.82) is 0 Å². The van der Waals surface area contributed by atoms with Gasteiger partial charge in [-0.05, 0) is 180 Å². The van der Waals surface area contributed by atoms with Gasteiger partial charge in [-0.2, -0.15) is 0 Å². The molecule has 25 unspecified atom stereocenters. The van der Waals surface area contributed by atoms with E-state index in [0.717, 1.165) is 148 Å². The summed E-state index contributed by atoms with van der Waals surface area (Å²) < 4.78 is 0. The molecular formula is C70H140. The van der Waals surface area contributed by atoms with Gasteiger partial charge in [0.25, 0.3) is 0 Å². The van der Waals surface area contributed by atoms with Crippen molar-refractivity contribution >= 4 is 0 Å². The fourth-order valence-corrected chi connectivity index (χ4v) is 15.6. The molecule has 0 saturated heterocycles. The molecule has 1 aliphatic rings. The van der Waals surface area contributed by atoms with Gasteiger partial charge in [0.15, 0.2) is 0 Å². The van der Waals surface area contributed by atoms with Crippen molar-refractivity contribution in [1.82, 2.24) is 0 Å². The summed E-state index contributed by atoms with van der Waals surface area (Å²) in [6.45, 7) is 65.6. The molecule has 0 spiro atoms. The Kier molecular flexibility index (Phi) is 34.3. The van der Waals surface area contributed by atoms with Gasteiger partial charge in [-0.3, -0.25) is 0 Å². The van der Waals surface area contributed by atoms with Crippen LogP contribution in [0.4, 0.5) is 0 Å². The Morgan fingerprint density at radius 2 is 0.357 bits per heavy atom. The average Bonchev–Trinajstić information content (AvgIpc) is 3.34. The number of hydrogen-bond donors (Lipinski definition) is 0. The van der Waals surface area contributed by atoms with E-state index in [1.807, 2.05) is 0 Å². The van der Waals surface area contributed by atoms with Gasteiger partial charge in [0.05, 0.1) is 0 Å². The molecule has 25 atom stereocenters. The molecule has 1 saturated carbocycles. The monoisotopic (exact) mass is 981 g/mol. The van der Waals surface area contributed by atoms with E-state index in [2.05, 4.69) is 173 Å². The fraction of sp³-hybridized carbons (Fsp3) is 1.00. The first-order valence-electron chi connectivity index (χ1n) is 32.7. The Bertz CT molecular complexity index is 1250. The standard InChI is InChI=1S/C70H140/c1-26-27-28-29-30-31-32-33-34-35-36-37-38-39-40-41-70-61(17)53(9)45-51(7)59(15)66(22)68(24)64(20)57(13)49(5)43-47(3)55(11)62(18)54(10)46(2)42-48(4)56(12)63(19)67(23)65(21)58(14)50(6)44-52(8)60(16)69(70)25/h46-70H,26-45H2,1-25H3. The van der Waals surface area contributed by atoms with Crippen LogP contribution in [0.3, 0.4) is 0 Å². The van der Waals surface area contributed by atoms with Crippen molar-refractivity contribution in [3.63, 3.8) is 0 Å². The largest absolute Gasteiger partial charge is 0.0654 e. The lowest BCUT2D eigenvalue weighted by atomic mass is 9.64. The van der Waals surface area contributed by atoms with Crippen molar-refractivity contribution < 1.29 is 0 Å². The Balaban J connectivity index is 3.34. The molecule has 0 radical (unpaired) electrons. The average molecular weight is 982 g/mol. The topological polar surface area (TPSA) is 0 Å². The van der Waals surface area contributed by atoms with E-state index in [9.17, 15) is 0 Å². The van der Waals surface area contributed by atoms with Gasteiger partial charge in [-0.15, -0.1) is 0 Å². The zero-order chi connectivity index (χ0) is 53.6. The molecule has 70 heavy (non-hydrogen) atoms. The van der Waals surface area contributed by atoms with E-state index in [-0.39, 0.29) is 0 Å².